The molecule has 0 aliphatic carbocycles. The second kappa shape index (κ2) is 9.45. The lowest BCUT2D eigenvalue weighted by molar-refractivity contribution is -0.161. The highest BCUT2D eigenvalue weighted by atomic mass is 16.6. The van der Waals surface area contributed by atoms with Crippen LogP contribution in [0.1, 0.15) is 66.2 Å². The van der Waals surface area contributed by atoms with Crippen LogP contribution in [0.15, 0.2) is 0 Å². The van der Waals surface area contributed by atoms with Crippen molar-refractivity contribution in [1.82, 2.24) is 10.2 Å². The number of ether oxygens (including phenoxy) is 2. The van der Waals surface area contributed by atoms with E-state index in [4.69, 9.17) is 14.6 Å². The predicted molar refractivity (Wildman–Crippen MR) is 114 cm³/mol. The summed E-state index contributed by atoms with van der Waals surface area (Å²) in [4.78, 5) is 41.6. The summed E-state index contributed by atoms with van der Waals surface area (Å²) in [6.45, 7) is 9.02. The van der Waals surface area contributed by atoms with E-state index in [9.17, 15) is 14.4 Å². The van der Waals surface area contributed by atoms with Gasteiger partial charge in [0.05, 0.1) is 18.1 Å². The van der Waals surface area contributed by atoms with Gasteiger partial charge in [0.2, 0.25) is 11.8 Å². The SMILES string of the molecule is CCCCNC(=O)C1N(CCCCCO)C(=O)[C@@H]2[C@@H](C(=O)OCC)[C@]3(C)OC12CC3C. The molecule has 8 nitrogen and oxygen atoms in total. The van der Waals surface area contributed by atoms with Gasteiger partial charge in [0, 0.05) is 19.7 Å². The molecule has 0 radical (unpaired) electrons. The molecule has 31 heavy (non-hydrogen) atoms. The summed E-state index contributed by atoms with van der Waals surface area (Å²) < 4.78 is 11.9. The van der Waals surface area contributed by atoms with Crippen molar-refractivity contribution in [2.45, 2.75) is 83.5 Å². The molecular formula is C23H38N2O6. The minimum Gasteiger partial charge on any atom is -0.466 e. The Morgan fingerprint density at radius 1 is 1.26 bits per heavy atom. The van der Waals surface area contributed by atoms with Crippen molar-refractivity contribution < 1.29 is 29.0 Å². The maximum absolute atomic E-state index is 13.7. The van der Waals surface area contributed by atoms with Crippen LogP contribution < -0.4 is 5.32 Å². The highest BCUT2D eigenvalue weighted by molar-refractivity contribution is 5.98. The van der Waals surface area contributed by atoms with Crippen LogP contribution in [-0.2, 0) is 23.9 Å². The average Bonchev–Trinajstić information content (AvgIpc) is 3.23. The number of amides is 2. The fourth-order valence-corrected chi connectivity index (χ4v) is 5.93. The lowest BCUT2D eigenvalue weighted by Crippen LogP contribution is -2.55. The maximum atomic E-state index is 13.7. The lowest BCUT2D eigenvalue weighted by atomic mass is 9.62. The first-order valence-electron chi connectivity index (χ1n) is 11.8. The molecular weight excluding hydrogens is 400 g/mol. The van der Waals surface area contributed by atoms with Gasteiger partial charge in [-0.2, -0.15) is 0 Å². The molecule has 8 heteroatoms. The van der Waals surface area contributed by atoms with Gasteiger partial charge in [-0.1, -0.05) is 20.3 Å². The van der Waals surface area contributed by atoms with Gasteiger partial charge in [0.1, 0.15) is 17.6 Å². The first-order chi connectivity index (χ1) is 14.8. The van der Waals surface area contributed by atoms with Gasteiger partial charge in [-0.05, 0) is 51.9 Å². The Morgan fingerprint density at radius 2 is 2.00 bits per heavy atom. The third-order valence-electron chi connectivity index (χ3n) is 7.49. The molecule has 2 N–H and O–H groups in total. The third kappa shape index (κ3) is 3.86. The van der Waals surface area contributed by atoms with Gasteiger partial charge in [-0.25, -0.2) is 0 Å². The van der Waals surface area contributed by atoms with E-state index in [1.807, 2.05) is 13.8 Å². The summed E-state index contributed by atoms with van der Waals surface area (Å²) in [5.41, 5.74) is -1.83. The Kier molecular flexibility index (Phi) is 7.31. The van der Waals surface area contributed by atoms with Gasteiger partial charge >= 0.3 is 5.97 Å². The summed E-state index contributed by atoms with van der Waals surface area (Å²) in [5.74, 6) is -2.19. The Hall–Kier alpha value is -1.67. The smallest absolute Gasteiger partial charge is 0.312 e. The highest BCUT2D eigenvalue weighted by Crippen LogP contribution is 2.65. The van der Waals surface area contributed by atoms with Gasteiger partial charge in [0.25, 0.3) is 0 Å². The summed E-state index contributed by atoms with van der Waals surface area (Å²) in [5, 5.41) is 12.1. The van der Waals surface area contributed by atoms with Crippen LogP contribution in [-0.4, -0.2) is 71.3 Å². The second-order valence-corrected chi connectivity index (χ2v) is 9.42. The standard InChI is InChI=1S/C23H38N2O6/c1-5-7-11-24-19(27)18-23-14-15(3)22(4,31-23)17(21(29)30-6-2)16(23)20(28)25(18)12-9-8-10-13-26/h15-18,26H,5-14H2,1-4H3,(H,24,27)/t15?,16-,17-,18?,22+,23?/m0/s1. The van der Waals surface area contributed by atoms with Gasteiger partial charge in [-0.3, -0.25) is 14.4 Å². The van der Waals surface area contributed by atoms with Crippen molar-refractivity contribution in [2.75, 3.05) is 26.3 Å². The molecule has 3 aliphatic rings. The number of hydrogen-bond donors (Lipinski definition) is 2. The van der Waals surface area contributed by atoms with E-state index in [0.29, 0.717) is 32.4 Å². The minimum absolute atomic E-state index is 0.0197. The third-order valence-corrected chi connectivity index (χ3v) is 7.49. The summed E-state index contributed by atoms with van der Waals surface area (Å²) in [6.07, 6.45) is 4.48. The van der Waals surface area contributed by atoms with Crippen molar-refractivity contribution in [3.8, 4) is 0 Å². The molecule has 0 saturated carbocycles. The van der Waals surface area contributed by atoms with E-state index in [-0.39, 0.29) is 30.9 Å². The quantitative estimate of drug-likeness (QED) is 0.375. The Bertz CT molecular complexity index is 700. The fraction of sp³-hybridized carbons (Fsp3) is 0.870. The summed E-state index contributed by atoms with van der Waals surface area (Å²) in [7, 11) is 0. The van der Waals surface area contributed by atoms with E-state index in [2.05, 4.69) is 12.2 Å². The Labute approximate surface area is 185 Å². The molecule has 0 aromatic rings. The number of likely N-dealkylation sites (tertiary alicyclic amines) is 1. The number of esters is 1. The molecule has 3 saturated heterocycles. The number of aliphatic hydroxyl groups is 1. The summed E-state index contributed by atoms with van der Waals surface area (Å²) in [6, 6.07) is -0.750. The van der Waals surface area contributed by atoms with Crippen molar-refractivity contribution in [3.63, 3.8) is 0 Å². The zero-order valence-electron chi connectivity index (χ0n) is 19.3. The molecule has 3 heterocycles. The first-order valence-corrected chi connectivity index (χ1v) is 11.8. The van der Waals surface area contributed by atoms with E-state index >= 15 is 0 Å². The van der Waals surface area contributed by atoms with Crippen LogP contribution in [0.3, 0.4) is 0 Å². The van der Waals surface area contributed by atoms with Crippen LogP contribution in [0.25, 0.3) is 0 Å². The van der Waals surface area contributed by atoms with E-state index < -0.39 is 35.0 Å². The average molecular weight is 439 g/mol. The Morgan fingerprint density at radius 3 is 2.65 bits per heavy atom. The second-order valence-electron chi connectivity index (χ2n) is 9.42. The van der Waals surface area contributed by atoms with Gasteiger partial charge in [-0.15, -0.1) is 0 Å². The van der Waals surface area contributed by atoms with Crippen LogP contribution in [0.4, 0.5) is 0 Å². The molecule has 3 rings (SSSR count). The molecule has 3 unspecified atom stereocenters. The normalized spacial score (nSPS) is 36.0. The van der Waals surface area contributed by atoms with Gasteiger partial charge < -0.3 is 24.8 Å². The molecule has 6 atom stereocenters. The molecule has 2 bridgehead atoms. The summed E-state index contributed by atoms with van der Waals surface area (Å²) >= 11 is 0. The molecule has 2 amide bonds. The van der Waals surface area contributed by atoms with Crippen LogP contribution >= 0.6 is 0 Å². The number of carbonyl (C=O) groups excluding carboxylic acids is 3. The lowest BCUT2D eigenvalue weighted by Gasteiger charge is -2.35. The highest BCUT2D eigenvalue weighted by Gasteiger charge is 2.80. The first kappa shape index (κ1) is 24.0. The van der Waals surface area contributed by atoms with E-state index in [1.54, 1.807) is 11.8 Å². The number of unbranched alkanes of at least 4 members (excludes halogenated alkanes) is 3. The molecule has 0 aromatic heterocycles. The number of carbonyl (C=O) groups is 3. The Balaban J connectivity index is 1.95. The largest absolute Gasteiger partial charge is 0.466 e. The van der Waals surface area contributed by atoms with E-state index in [1.165, 1.54) is 0 Å². The predicted octanol–water partition coefficient (Wildman–Crippen LogP) is 1.64. The van der Waals surface area contributed by atoms with Crippen LogP contribution in [0, 0.1) is 17.8 Å². The molecule has 3 aliphatic heterocycles. The van der Waals surface area contributed by atoms with Crippen LogP contribution in [0.5, 0.6) is 0 Å². The van der Waals surface area contributed by atoms with E-state index in [0.717, 1.165) is 19.3 Å². The van der Waals surface area contributed by atoms with Gasteiger partial charge in [0.15, 0.2) is 0 Å². The minimum atomic E-state index is -1.00. The number of aliphatic hydroxyl groups excluding tert-OH is 1. The molecule has 1 spiro atoms. The number of nitrogens with one attached hydrogen (secondary N) is 1. The molecule has 3 fully saturated rings. The number of fused-ring (bicyclic) bond motifs is 1. The molecule has 0 aromatic carbocycles. The maximum Gasteiger partial charge on any atom is 0.312 e. The fourth-order valence-electron chi connectivity index (χ4n) is 5.93. The van der Waals surface area contributed by atoms with Crippen molar-refractivity contribution >= 4 is 17.8 Å². The number of nitrogens with zero attached hydrogens (tertiary/aromatic N) is 1. The number of rotatable bonds is 11. The monoisotopic (exact) mass is 438 g/mol. The van der Waals surface area contributed by atoms with Crippen molar-refractivity contribution in [1.29, 1.82) is 0 Å². The van der Waals surface area contributed by atoms with Crippen molar-refractivity contribution in [2.24, 2.45) is 17.8 Å². The number of hydrogen-bond acceptors (Lipinski definition) is 6. The van der Waals surface area contributed by atoms with Crippen molar-refractivity contribution in [3.05, 3.63) is 0 Å². The molecule has 176 valence electrons. The topological polar surface area (TPSA) is 105 Å². The zero-order chi connectivity index (χ0) is 22.8. The van der Waals surface area contributed by atoms with Crippen LogP contribution in [0.2, 0.25) is 0 Å². The zero-order valence-corrected chi connectivity index (χ0v) is 19.3.